The lowest BCUT2D eigenvalue weighted by Crippen LogP contribution is -1.98. The van der Waals surface area contributed by atoms with Crippen molar-refractivity contribution < 1.29 is 19.0 Å². The third-order valence-corrected chi connectivity index (χ3v) is 4.11. The van der Waals surface area contributed by atoms with Crippen LogP contribution in [0.2, 0.25) is 0 Å². The highest BCUT2D eigenvalue weighted by molar-refractivity contribution is 5.87. The molecule has 2 aromatic rings. The van der Waals surface area contributed by atoms with Gasteiger partial charge in [-0.2, -0.15) is 0 Å². The maximum atomic E-state index is 13.8. The van der Waals surface area contributed by atoms with Gasteiger partial charge in [-0.3, -0.25) is 0 Å². The van der Waals surface area contributed by atoms with E-state index in [1.54, 1.807) is 0 Å². The lowest BCUT2D eigenvalue weighted by atomic mass is 9.98. The Labute approximate surface area is 128 Å². The van der Waals surface area contributed by atoms with E-state index in [2.05, 4.69) is 0 Å². The Morgan fingerprint density at radius 1 is 1.09 bits per heavy atom. The SMILES string of the molecule is O=C(O)c1ccc(Oc2ccc(C3CCCC3)cc2)c(F)c1. The second kappa shape index (κ2) is 6.18. The van der Waals surface area contributed by atoms with Crippen LogP contribution in [0.25, 0.3) is 0 Å². The fourth-order valence-corrected chi connectivity index (χ4v) is 2.91. The molecule has 0 spiro atoms. The van der Waals surface area contributed by atoms with Crippen LogP contribution < -0.4 is 4.74 Å². The fourth-order valence-electron chi connectivity index (χ4n) is 2.91. The molecule has 0 aliphatic heterocycles. The second-order valence-electron chi connectivity index (χ2n) is 5.60. The van der Waals surface area contributed by atoms with Crippen LogP contribution in [0, 0.1) is 5.82 Å². The minimum Gasteiger partial charge on any atom is -0.478 e. The van der Waals surface area contributed by atoms with Gasteiger partial charge in [0.05, 0.1) is 5.56 Å². The zero-order valence-corrected chi connectivity index (χ0v) is 12.1. The Bertz CT molecular complexity index is 673. The molecule has 1 N–H and O–H groups in total. The van der Waals surface area contributed by atoms with Crippen LogP contribution in [0.4, 0.5) is 4.39 Å². The molecular formula is C18H17FO3. The van der Waals surface area contributed by atoms with Crippen molar-refractivity contribution in [1.82, 2.24) is 0 Å². The average molecular weight is 300 g/mol. The largest absolute Gasteiger partial charge is 0.478 e. The Hall–Kier alpha value is -2.36. The molecule has 114 valence electrons. The van der Waals surface area contributed by atoms with Crippen molar-refractivity contribution in [1.29, 1.82) is 0 Å². The molecule has 0 bridgehead atoms. The standard InChI is InChI=1S/C18H17FO3/c19-16-11-14(18(20)21)7-10-17(16)22-15-8-5-13(6-9-15)12-3-1-2-4-12/h5-12H,1-4H2,(H,20,21). The van der Waals surface area contributed by atoms with Crippen LogP contribution >= 0.6 is 0 Å². The highest BCUT2D eigenvalue weighted by Gasteiger charge is 2.17. The molecule has 0 saturated heterocycles. The number of halogens is 1. The van der Waals surface area contributed by atoms with Crippen molar-refractivity contribution in [2.24, 2.45) is 0 Å². The first kappa shape index (κ1) is 14.6. The van der Waals surface area contributed by atoms with Crippen molar-refractivity contribution in [3.8, 4) is 11.5 Å². The Morgan fingerprint density at radius 3 is 2.36 bits per heavy atom. The van der Waals surface area contributed by atoms with Crippen molar-refractivity contribution in [2.75, 3.05) is 0 Å². The first-order valence-corrected chi connectivity index (χ1v) is 7.44. The molecular weight excluding hydrogens is 283 g/mol. The summed E-state index contributed by atoms with van der Waals surface area (Å²) in [5.41, 5.74) is 1.20. The van der Waals surface area contributed by atoms with Crippen molar-refractivity contribution in [3.63, 3.8) is 0 Å². The second-order valence-corrected chi connectivity index (χ2v) is 5.60. The zero-order chi connectivity index (χ0) is 15.5. The number of carbonyl (C=O) groups is 1. The molecule has 0 aromatic heterocycles. The van der Waals surface area contributed by atoms with Gasteiger partial charge in [0, 0.05) is 0 Å². The molecule has 3 nitrogen and oxygen atoms in total. The maximum Gasteiger partial charge on any atom is 0.335 e. The van der Waals surface area contributed by atoms with Crippen LogP contribution in [0.3, 0.4) is 0 Å². The van der Waals surface area contributed by atoms with Gasteiger partial charge < -0.3 is 9.84 Å². The summed E-state index contributed by atoms with van der Waals surface area (Å²) >= 11 is 0. The molecule has 1 fully saturated rings. The Kier molecular flexibility index (Phi) is 4.09. The summed E-state index contributed by atoms with van der Waals surface area (Å²) in [6.45, 7) is 0. The molecule has 1 aliphatic rings. The summed E-state index contributed by atoms with van der Waals surface area (Å²) in [4.78, 5) is 10.8. The van der Waals surface area contributed by atoms with Gasteiger partial charge in [-0.15, -0.1) is 0 Å². The summed E-state index contributed by atoms with van der Waals surface area (Å²) in [5.74, 6) is -0.644. The van der Waals surface area contributed by atoms with Crippen LogP contribution in [0.1, 0.15) is 47.5 Å². The van der Waals surface area contributed by atoms with Crippen molar-refractivity contribution in [3.05, 3.63) is 59.4 Å². The predicted octanol–water partition coefficient (Wildman–Crippen LogP) is 4.97. The molecule has 0 unspecified atom stereocenters. The number of benzene rings is 2. The highest BCUT2D eigenvalue weighted by Crippen LogP contribution is 2.35. The van der Waals surface area contributed by atoms with Gasteiger partial charge in [0.2, 0.25) is 0 Å². The van der Waals surface area contributed by atoms with Gasteiger partial charge in [0.1, 0.15) is 5.75 Å². The molecule has 1 saturated carbocycles. The van der Waals surface area contributed by atoms with Crippen molar-refractivity contribution in [2.45, 2.75) is 31.6 Å². The number of ether oxygens (including phenoxy) is 1. The first-order valence-electron chi connectivity index (χ1n) is 7.44. The van der Waals surface area contributed by atoms with Crippen LogP contribution in [-0.2, 0) is 0 Å². The van der Waals surface area contributed by atoms with E-state index in [1.165, 1.54) is 43.4 Å². The van der Waals surface area contributed by atoms with Gasteiger partial charge in [0.25, 0.3) is 0 Å². The average Bonchev–Trinajstić information content (AvgIpc) is 3.04. The van der Waals surface area contributed by atoms with E-state index >= 15 is 0 Å². The lowest BCUT2D eigenvalue weighted by molar-refractivity contribution is 0.0696. The van der Waals surface area contributed by atoms with E-state index < -0.39 is 11.8 Å². The number of hydrogen-bond donors (Lipinski definition) is 1. The van der Waals surface area contributed by atoms with Gasteiger partial charge >= 0.3 is 5.97 Å². The molecule has 0 heterocycles. The topological polar surface area (TPSA) is 46.5 Å². The van der Waals surface area contributed by atoms with Crippen LogP contribution in [0.15, 0.2) is 42.5 Å². The number of aromatic carboxylic acids is 1. The Morgan fingerprint density at radius 2 is 1.77 bits per heavy atom. The smallest absolute Gasteiger partial charge is 0.335 e. The molecule has 1 aliphatic carbocycles. The summed E-state index contributed by atoms with van der Waals surface area (Å²) in [5, 5.41) is 8.82. The number of carboxylic acids is 1. The van der Waals surface area contributed by atoms with Crippen molar-refractivity contribution >= 4 is 5.97 Å². The molecule has 22 heavy (non-hydrogen) atoms. The van der Waals surface area contributed by atoms with Gasteiger partial charge in [-0.25, -0.2) is 9.18 Å². The van der Waals surface area contributed by atoms with Gasteiger partial charge in [0.15, 0.2) is 11.6 Å². The van der Waals surface area contributed by atoms with E-state index in [4.69, 9.17) is 9.84 Å². The Balaban J connectivity index is 1.74. The quantitative estimate of drug-likeness (QED) is 0.866. The molecule has 2 aromatic carbocycles. The molecule has 0 atom stereocenters. The number of carboxylic acid groups (broad SMARTS) is 1. The van der Waals surface area contributed by atoms with Crippen LogP contribution in [-0.4, -0.2) is 11.1 Å². The number of rotatable bonds is 4. The maximum absolute atomic E-state index is 13.8. The summed E-state index contributed by atoms with van der Waals surface area (Å²) < 4.78 is 19.3. The molecule has 0 amide bonds. The minimum atomic E-state index is -1.16. The molecule has 4 heteroatoms. The third-order valence-electron chi connectivity index (χ3n) is 4.11. The van der Waals surface area contributed by atoms with E-state index in [1.807, 2.05) is 24.3 Å². The van der Waals surface area contributed by atoms with E-state index in [9.17, 15) is 9.18 Å². The third kappa shape index (κ3) is 3.11. The minimum absolute atomic E-state index is 0.0265. The predicted molar refractivity (Wildman–Crippen MR) is 81.1 cm³/mol. The molecule has 3 rings (SSSR count). The molecule has 0 radical (unpaired) electrons. The van der Waals surface area contributed by atoms with E-state index in [0.29, 0.717) is 11.7 Å². The first-order chi connectivity index (χ1) is 10.6. The van der Waals surface area contributed by atoms with Gasteiger partial charge in [-0.05, 0) is 54.7 Å². The van der Waals surface area contributed by atoms with E-state index in [0.717, 1.165) is 6.07 Å². The van der Waals surface area contributed by atoms with E-state index in [-0.39, 0.29) is 11.3 Å². The number of hydrogen-bond acceptors (Lipinski definition) is 2. The summed E-state index contributed by atoms with van der Waals surface area (Å²) in [7, 11) is 0. The fraction of sp³-hybridized carbons (Fsp3) is 0.278. The van der Waals surface area contributed by atoms with Gasteiger partial charge in [-0.1, -0.05) is 25.0 Å². The summed E-state index contributed by atoms with van der Waals surface area (Å²) in [6.07, 6.45) is 5.02. The normalized spacial score (nSPS) is 15.0. The van der Waals surface area contributed by atoms with Crippen LogP contribution in [0.5, 0.6) is 11.5 Å². The zero-order valence-electron chi connectivity index (χ0n) is 12.1. The monoisotopic (exact) mass is 300 g/mol. The lowest BCUT2D eigenvalue weighted by Gasteiger charge is -2.11. The summed E-state index contributed by atoms with van der Waals surface area (Å²) in [6, 6.07) is 11.3. The highest BCUT2D eigenvalue weighted by atomic mass is 19.1.